The van der Waals surface area contributed by atoms with E-state index in [-0.39, 0.29) is 11.8 Å². The van der Waals surface area contributed by atoms with Crippen LogP contribution in [-0.4, -0.2) is 48.9 Å². The Hall–Kier alpha value is -3.35. The molecule has 1 fully saturated rings. The van der Waals surface area contributed by atoms with Gasteiger partial charge in [0.2, 0.25) is 5.91 Å². The minimum Gasteiger partial charge on any atom is -0.494 e. The van der Waals surface area contributed by atoms with Crippen LogP contribution in [0.5, 0.6) is 11.5 Å². The van der Waals surface area contributed by atoms with Crippen LogP contribution >= 0.6 is 0 Å². The molecule has 0 spiro atoms. The van der Waals surface area contributed by atoms with E-state index in [1.54, 1.807) is 24.3 Å². The van der Waals surface area contributed by atoms with Gasteiger partial charge in [0, 0.05) is 38.5 Å². The van der Waals surface area contributed by atoms with Gasteiger partial charge in [-0.2, -0.15) is 0 Å². The molecule has 0 saturated carbocycles. The Balaban J connectivity index is 1.33. The standard InChI is InChI=1S/C25H30N2O5/c1-19(28)32-23-10-5-7-21(17-23)25(30)27-14-12-20(13-15-27)18-26-24(29)11-6-16-31-22-8-3-2-4-9-22/h2-5,7-10,17,20H,6,11-16,18H2,1H3,(H,26,29). The van der Waals surface area contributed by atoms with Gasteiger partial charge >= 0.3 is 5.97 Å². The molecule has 2 aromatic carbocycles. The maximum absolute atomic E-state index is 12.8. The summed E-state index contributed by atoms with van der Waals surface area (Å²) in [7, 11) is 0. The van der Waals surface area contributed by atoms with Gasteiger partial charge in [-0.3, -0.25) is 14.4 Å². The molecule has 0 radical (unpaired) electrons. The Bertz CT molecular complexity index is 908. The van der Waals surface area contributed by atoms with E-state index < -0.39 is 5.97 Å². The van der Waals surface area contributed by atoms with E-state index in [9.17, 15) is 14.4 Å². The fourth-order valence-electron chi connectivity index (χ4n) is 3.67. The number of hydrogen-bond donors (Lipinski definition) is 1. The second kappa shape index (κ2) is 11.9. The topological polar surface area (TPSA) is 84.9 Å². The highest BCUT2D eigenvalue weighted by Crippen LogP contribution is 2.21. The number of piperidine rings is 1. The van der Waals surface area contributed by atoms with E-state index in [0.29, 0.717) is 56.3 Å². The number of para-hydroxylation sites is 1. The highest BCUT2D eigenvalue weighted by molar-refractivity contribution is 5.94. The second-order valence-corrected chi connectivity index (χ2v) is 7.93. The van der Waals surface area contributed by atoms with Crippen molar-refractivity contribution in [3.63, 3.8) is 0 Å². The molecule has 0 unspecified atom stereocenters. The second-order valence-electron chi connectivity index (χ2n) is 7.93. The van der Waals surface area contributed by atoms with Crippen molar-refractivity contribution in [3.05, 3.63) is 60.2 Å². The smallest absolute Gasteiger partial charge is 0.308 e. The molecule has 1 saturated heterocycles. The summed E-state index contributed by atoms with van der Waals surface area (Å²) in [5, 5.41) is 3.01. The zero-order valence-corrected chi connectivity index (χ0v) is 18.4. The number of benzene rings is 2. The van der Waals surface area contributed by atoms with Crippen molar-refractivity contribution >= 4 is 17.8 Å². The number of hydrogen-bond acceptors (Lipinski definition) is 5. The normalized spacial score (nSPS) is 14.0. The Morgan fingerprint density at radius 2 is 1.72 bits per heavy atom. The lowest BCUT2D eigenvalue weighted by Gasteiger charge is -2.32. The van der Waals surface area contributed by atoms with Crippen LogP contribution in [0.2, 0.25) is 0 Å². The van der Waals surface area contributed by atoms with Gasteiger partial charge in [0.1, 0.15) is 11.5 Å². The van der Waals surface area contributed by atoms with E-state index >= 15 is 0 Å². The minimum atomic E-state index is -0.416. The van der Waals surface area contributed by atoms with Gasteiger partial charge in [-0.25, -0.2) is 0 Å². The quantitative estimate of drug-likeness (QED) is 0.368. The molecule has 32 heavy (non-hydrogen) atoms. The van der Waals surface area contributed by atoms with Gasteiger partial charge in [-0.1, -0.05) is 24.3 Å². The molecule has 1 heterocycles. The highest BCUT2D eigenvalue weighted by atomic mass is 16.5. The van der Waals surface area contributed by atoms with E-state index in [0.717, 1.165) is 18.6 Å². The highest BCUT2D eigenvalue weighted by Gasteiger charge is 2.24. The third-order valence-electron chi connectivity index (χ3n) is 5.39. The molecular formula is C25H30N2O5. The monoisotopic (exact) mass is 438 g/mol. The predicted molar refractivity (Wildman–Crippen MR) is 121 cm³/mol. The number of esters is 1. The zero-order chi connectivity index (χ0) is 22.8. The summed E-state index contributed by atoms with van der Waals surface area (Å²) >= 11 is 0. The number of amides is 2. The van der Waals surface area contributed by atoms with Gasteiger partial charge in [0.15, 0.2) is 0 Å². The van der Waals surface area contributed by atoms with Crippen LogP contribution in [0.25, 0.3) is 0 Å². The molecule has 0 atom stereocenters. The Morgan fingerprint density at radius 3 is 2.44 bits per heavy atom. The van der Waals surface area contributed by atoms with E-state index in [4.69, 9.17) is 9.47 Å². The Labute approximate surface area is 188 Å². The van der Waals surface area contributed by atoms with Crippen LogP contribution in [0.1, 0.15) is 43.0 Å². The summed E-state index contributed by atoms with van der Waals surface area (Å²) in [4.78, 5) is 37.8. The third kappa shape index (κ3) is 7.41. The molecule has 0 bridgehead atoms. The van der Waals surface area contributed by atoms with Gasteiger partial charge in [-0.05, 0) is 55.5 Å². The summed E-state index contributed by atoms with van der Waals surface area (Å²) < 4.78 is 10.7. The van der Waals surface area contributed by atoms with Crippen molar-refractivity contribution in [1.29, 1.82) is 0 Å². The number of carbonyl (C=O) groups excluding carboxylic acids is 3. The lowest BCUT2D eigenvalue weighted by molar-refractivity contribution is -0.131. The Morgan fingerprint density at radius 1 is 1.00 bits per heavy atom. The van der Waals surface area contributed by atoms with Crippen LogP contribution < -0.4 is 14.8 Å². The number of nitrogens with zero attached hydrogens (tertiary/aromatic N) is 1. The summed E-state index contributed by atoms with van der Waals surface area (Å²) in [5.74, 6) is 1.09. The van der Waals surface area contributed by atoms with Crippen LogP contribution in [-0.2, 0) is 9.59 Å². The number of rotatable bonds is 9. The molecule has 7 nitrogen and oxygen atoms in total. The molecule has 7 heteroatoms. The van der Waals surface area contributed by atoms with Gasteiger partial charge in [0.05, 0.1) is 6.61 Å². The molecule has 0 aliphatic carbocycles. The molecular weight excluding hydrogens is 408 g/mol. The SMILES string of the molecule is CC(=O)Oc1cccc(C(=O)N2CCC(CNC(=O)CCCOc3ccccc3)CC2)c1. The van der Waals surface area contributed by atoms with Crippen LogP contribution in [0.15, 0.2) is 54.6 Å². The molecule has 1 aliphatic heterocycles. The first-order valence-electron chi connectivity index (χ1n) is 11.0. The van der Waals surface area contributed by atoms with Gasteiger partial charge in [-0.15, -0.1) is 0 Å². The van der Waals surface area contributed by atoms with Crippen molar-refractivity contribution < 1.29 is 23.9 Å². The first kappa shape index (κ1) is 23.3. The summed E-state index contributed by atoms with van der Waals surface area (Å²) in [6.07, 6.45) is 2.78. The fraction of sp³-hybridized carbons (Fsp3) is 0.400. The largest absolute Gasteiger partial charge is 0.494 e. The Kier molecular flexibility index (Phi) is 8.66. The van der Waals surface area contributed by atoms with Crippen molar-refractivity contribution in [2.24, 2.45) is 5.92 Å². The molecule has 170 valence electrons. The average Bonchev–Trinajstić information content (AvgIpc) is 2.81. The van der Waals surface area contributed by atoms with Gasteiger partial charge < -0.3 is 19.7 Å². The summed E-state index contributed by atoms with van der Waals surface area (Å²) in [6.45, 7) is 3.75. The third-order valence-corrected chi connectivity index (χ3v) is 5.39. The zero-order valence-electron chi connectivity index (χ0n) is 18.4. The lowest BCUT2D eigenvalue weighted by Crippen LogP contribution is -2.41. The lowest BCUT2D eigenvalue weighted by atomic mass is 9.96. The molecule has 2 aromatic rings. The fourth-order valence-corrected chi connectivity index (χ4v) is 3.67. The first-order chi connectivity index (χ1) is 15.5. The number of carbonyl (C=O) groups is 3. The van der Waals surface area contributed by atoms with Gasteiger partial charge in [0.25, 0.3) is 5.91 Å². The predicted octanol–water partition coefficient (Wildman–Crippen LogP) is 3.44. The number of ether oxygens (including phenoxy) is 2. The van der Waals surface area contributed by atoms with E-state index in [1.807, 2.05) is 35.2 Å². The van der Waals surface area contributed by atoms with Crippen molar-refractivity contribution in [2.45, 2.75) is 32.6 Å². The summed E-state index contributed by atoms with van der Waals surface area (Å²) in [6, 6.07) is 16.2. The molecule has 1 aliphatic rings. The number of likely N-dealkylation sites (tertiary alicyclic amines) is 1. The van der Waals surface area contributed by atoms with Crippen molar-refractivity contribution in [3.8, 4) is 11.5 Å². The van der Waals surface area contributed by atoms with E-state index in [1.165, 1.54) is 6.92 Å². The van der Waals surface area contributed by atoms with E-state index in [2.05, 4.69) is 5.32 Å². The van der Waals surface area contributed by atoms with Crippen LogP contribution in [0, 0.1) is 5.92 Å². The van der Waals surface area contributed by atoms with Crippen molar-refractivity contribution in [2.75, 3.05) is 26.2 Å². The average molecular weight is 439 g/mol. The maximum Gasteiger partial charge on any atom is 0.308 e. The minimum absolute atomic E-state index is 0.0300. The molecule has 0 aromatic heterocycles. The molecule has 2 amide bonds. The summed E-state index contributed by atoms with van der Waals surface area (Å²) in [5.41, 5.74) is 0.508. The molecule has 1 N–H and O–H groups in total. The first-order valence-corrected chi connectivity index (χ1v) is 11.0. The van der Waals surface area contributed by atoms with Crippen molar-refractivity contribution in [1.82, 2.24) is 10.2 Å². The number of nitrogens with one attached hydrogen (secondary N) is 1. The van der Waals surface area contributed by atoms with Crippen LogP contribution in [0.3, 0.4) is 0 Å². The maximum atomic E-state index is 12.8. The van der Waals surface area contributed by atoms with Crippen LogP contribution in [0.4, 0.5) is 0 Å². The molecule has 3 rings (SSSR count).